The highest BCUT2D eigenvalue weighted by Gasteiger charge is 2.30. The van der Waals surface area contributed by atoms with Crippen LogP contribution in [0.5, 0.6) is 0 Å². The monoisotopic (exact) mass is 282 g/mol. The van der Waals surface area contributed by atoms with E-state index in [-0.39, 0.29) is 12.1 Å². The lowest BCUT2D eigenvalue weighted by atomic mass is 10.2. The van der Waals surface area contributed by atoms with E-state index in [9.17, 15) is 9.59 Å². The van der Waals surface area contributed by atoms with E-state index < -0.39 is 12.1 Å². The van der Waals surface area contributed by atoms with Gasteiger partial charge >= 0.3 is 12.0 Å². The summed E-state index contributed by atoms with van der Waals surface area (Å²) in [7, 11) is 0. The van der Waals surface area contributed by atoms with Gasteiger partial charge in [-0.15, -0.1) is 0 Å². The van der Waals surface area contributed by atoms with Gasteiger partial charge in [0, 0.05) is 25.5 Å². The molecule has 20 heavy (non-hydrogen) atoms. The summed E-state index contributed by atoms with van der Waals surface area (Å²) < 4.78 is 7.00. The minimum atomic E-state index is -0.948. The van der Waals surface area contributed by atoms with Gasteiger partial charge in [-0.1, -0.05) is 0 Å². The normalized spacial score (nSPS) is 21.6. The number of urea groups is 1. The highest BCUT2D eigenvalue weighted by molar-refractivity contribution is 5.74. The van der Waals surface area contributed by atoms with E-state index in [2.05, 4.69) is 15.7 Å². The minimum absolute atomic E-state index is 0.229. The number of amides is 2. The molecule has 0 saturated carbocycles. The number of aliphatic carboxylic acids is 1. The molecule has 0 aliphatic carbocycles. The lowest BCUT2D eigenvalue weighted by molar-refractivity contribution is -0.149. The van der Waals surface area contributed by atoms with Crippen LogP contribution in [0.1, 0.15) is 12.8 Å². The Morgan fingerprint density at radius 1 is 1.40 bits per heavy atom. The van der Waals surface area contributed by atoms with Gasteiger partial charge in [0.2, 0.25) is 0 Å². The molecule has 1 aliphatic heterocycles. The molecule has 1 aromatic heterocycles. The number of carbonyl (C=O) groups is 2. The molecule has 2 atom stereocenters. The van der Waals surface area contributed by atoms with E-state index in [1.165, 1.54) is 0 Å². The summed E-state index contributed by atoms with van der Waals surface area (Å²) in [4.78, 5) is 22.2. The van der Waals surface area contributed by atoms with Crippen molar-refractivity contribution < 1.29 is 19.4 Å². The Kier molecular flexibility index (Phi) is 4.94. The van der Waals surface area contributed by atoms with E-state index in [0.717, 1.165) is 0 Å². The van der Waals surface area contributed by atoms with Gasteiger partial charge < -0.3 is 20.5 Å². The molecular formula is C12H18N4O4. The van der Waals surface area contributed by atoms with Crippen LogP contribution in [0.3, 0.4) is 0 Å². The van der Waals surface area contributed by atoms with Gasteiger partial charge in [-0.25, -0.2) is 9.59 Å². The number of carboxylic acids is 1. The Morgan fingerprint density at radius 3 is 2.90 bits per heavy atom. The van der Waals surface area contributed by atoms with Crippen molar-refractivity contribution in [3.63, 3.8) is 0 Å². The van der Waals surface area contributed by atoms with Crippen molar-refractivity contribution in [3.05, 3.63) is 18.5 Å². The van der Waals surface area contributed by atoms with Gasteiger partial charge in [0.05, 0.1) is 12.6 Å². The van der Waals surface area contributed by atoms with E-state index in [1.807, 2.05) is 12.3 Å². The second kappa shape index (κ2) is 6.90. The highest BCUT2D eigenvalue weighted by atomic mass is 16.5. The Morgan fingerprint density at radius 2 is 2.25 bits per heavy atom. The average molecular weight is 282 g/mol. The van der Waals surface area contributed by atoms with Gasteiger partial charge in [-0.3, -0.25) is 4.68 Å². The van der Waals surface area contributed by atoms with Crippen molar-refractivity contribution in [2.45, 2.75) is 31.6 Å². The number of nitrogens with zero attached hydrogens (tertiary/aromatic N) is 2. The molecule has 2 unspecified atom stereocenters. The fraction of sp³-hybridized carbons (Fsp3) is 0.583. The lowest BCUT2D eigenvalue weighted by Gasteiger charge is -2.13. The molecule has 1 fully saturated rings. The standard InChI is InChI=1S/C12H18N4O4/c17-11(18)10-3-2-9(20-10)8-14-12(19)13-5-7-16-6-1-4-15-16/h1,4,6,9-10H,2-3,5,7-8H2,(H,17,18)(H2,13,14,19). The molecule has 3 N–H and O–H groups in total. The molecule has 8 heteroatoms. The van der Waals surface area contributed by atoms with Crippen LogP contribution >= 0.6 is 0 Å². The zero-order chi connectivity index (χ0) is 14.4. The summed E-state index contributed by atoms with van der Waals surface area (Å²) in [5.41, 5.74) is 0. The summed E-state index contributed by atoms with van der Waals surface area (Å²) in [5.74, 6) is -0.948. The predicted molar refractivity (Wildman–Crippen MR) is 69.2 cm³/mol. The van der Waals surface area contributed by atoms with Gasteiger partial charge in [0.25, 0.3) is 0 Å². The van der Waals surface area contributed by atoms with Gasteiger partial charge in [0.15, 0.2) is 6.10 Å². The minimum Gasteiger partial charge on any atom is -0.479 e. The Bertz CT molecular complexity index is 448. The first kappa shape index (κ1) is 14.3. The molecule has 0 radical (unpaired) electrons. The van der Waals surface area contributed by atoms with Crippen LogP contribution in [-0.4, -0.2) is 52.2 Å². The zero-order valence-corrected chi connectivity index (χ0v) is 11.0. The first-order valence-electron chi connectivity index (χ1n) is 6.52. The number of hydrogen-bond acceptors (Lipinski definition) is 4. The van der Waals surface area contributed by atoms with E-state index in [4.69, 9.17) is 9.84 Å². The lowest BCUT2D eigenvalue weighted by Crippen LogP contribution is -2.41. The second-order valence-corrected chi connectivity index (χ2v) is 4.57. The van der Waals surface area contributed by atoms with Crippen molar-refractivity contribution in [3.8, 4) is 0 Å². The maximum Gasteiger partial charge on any atom is 0.332 e. The van der Waals surface area contributed by atoms with Gasteiger partial charge in [0.1, 0.15) is 0 Å². The molecule has 0 aromatic carbocycles. The summed E-state index contributed by atoms with van der Waals surface area (Å²) in [6.45, 7) is 1.38. The summed E-state index contributed by atoms with van der Waals surface area (Å²) in [5, 5.41) is 18.2. The molecular weight excluding hydrogens is 264 g/mol. The van der Waals surface area contributed by atoms with Crippen molar-refractivity contribution in [1.29, 1.82) is 0 Å². The van der Waals surface area contributed by atoms with E-state index in [1.54, 1.807) is 10.9 Å². The van der Waals surface area contributed by atoms with E-state index >= 15 is 0 Å². The molecule has 1 aliphatic rings. The first-order chi connectivity index (χ1) is 9.65. The first-order valence-corrected chi connectivity index (χ1v) is 6.52. The van der Waals surface area contributed by atoms with Gasteiger partial charge in [-0.2, -0.15) is 5.10 Å². The third kappa shape index (κ3) is 4.23. The number of aromatic nitrogens is 2. The third-order valence-electron chi connectivity index (χ3n) is 3.06. The fourth-order valence-electron chi connectivity index (χ4n) is 2.02. The maximum atomic E-state index is 11.5. The van der Waals surface area contributed by atoms with E-state index in [0.29, 0.717) is 32.5 Å². The van der Waals surface area contributed by atoms with Crippen molar-refractivity contribution >= 4 is 12.0 Å². The number of hydrogen-bond donors (Lipinski definition) is 3. The molecule has 0 bridgehead atoms. The summed E-state index contributed by atoms with van der Waals surface area (Å²) in [6, 6.07) is 1.52. The second-order valence-electron chi connectivity index (χ2n) is 4.57. The quantitative estimate of drug-likeness (QED) is 0.671. The zero-order valence-electron chi connectivity index (χ0n) is 11.0. The third-order valence-corrected chi connectivity index (χ3v) is 3.06. The highest BCUT2D eigenvalue weighted by Crippen LogP contribution is 2.18. The van der Waals surface area contributed by atoms with Crippen LogP contribution in [0.25, 0.3) is 0 Å². The van der Waals surface area contributed by atoms with Crippen molar-refractivity contribution in [1.82, 2.24) is 20.4 Å². The van der Waals surface area contributed by atoms with Crippen LogP contribution in [0.2, 0.25) is 0 Å². The Labute approximate surface area is 116 Å². The van der Waals surface area contributed by atoms with Gasteiger partial charge in [-0.05, 0) is 18.9 Å². The smallest absolute Gasteiger partial charge is 0.332 e. The SMILES string of the molecule is O=C(NCCn1cccn1)NCC1CCC(C(=O)O)O1. The molecule has 110 valence electrons. The van der Waals surface area contributed by atoms with Crippen molar-refractivity contribution in [2.75, 3.05) is 13.1 Å². The Balaban J connectivity index is 1.57. The fourth-order valence-corrected chi connectivity index (χ4v) is 2.02. The van der Waals surface area contributed by atoms with Crippen LogP contribution < -0.4 is 10.6 Å². The molecule has 0 spiro atoms. The molecule has 2 heterocycles. The number of nitrogens with one attached hydrogen (secondary N) is 2. The summed E-state index contributed by atoms with van der Waals surface area (Å²) in [6.07, 6.45) is 3.65. The molecule has 2 rings (SSSR count). The maximum absolute atomic E-state index is 11.5. The summed E-state index contributed by atoms with van der Waals surface area (Å²) >= 11 is 0. The molecule has 1 aromatic rings. The predicted octanol–water partition coefficient (Wildman–Crippen LogP) is -0.185. The van der Waals surface area contributed by atoms with Crippen LogP contribution in [0.15, 0.2) is 18.5 Å². The van der Waals surface area contributed by atoms with Crippen LogP contribution in [-0.2, 0) is 16.1 Å². The number of carbonyl (C=O) groups excluding carboxylic acids is 1. The van der Waals surface area contributed by atoms with Crippen LogP contribution in [0, 0.1) is 0 Å². The Hall–Kier alpha value is -2.09. The number of carboxylic acid groups (broad SMARTS) is 1. The molecule has 1 saturated heterocycles. The molecule has 8 nitrogen and oxygen atoms in total. The largest absolute Gasteiger partial charge is 0.479 e. The van der Waals surface area contributed by atoms with Crippen LogP contribution in [0.4, 0.5) is 4.79 Å². The number of rotatable bonds is 6. The molecule has 2 amide bonds. The average Bonchev–Trinajstić information content (AvgIpc) is 3.07. The number of ether oxygens (including phenoxy) is 1. The van der Waals surface area contributed by atoms with Crippen molar-refractivity contribution in [2.24, 2.45) is 0 Å². The topological polar surface area (TPSA) is 105 Å².